The number of aryl methyl sites for hydroxylation is 1. The molecule has 1 heterocycles. The lowest BCUT2D eigenvalue weighted by Crippen LogP contribution is -2.36. The Balaban J connectivity index is 1.57. The molecule has 0 radical (unpaired) electrons. The second kappa shape index (κ2) is 9.49. The number of hydrogen-bond acceptors (Lipinski definition) is 4. The number of rotatable bonds is 7. The lowest BCUT2D eigenvalue weighted by molar-refractivity contribution is -0.119. The van der Waals surface area contributed by atoms with Gasteiger partial charge in [-0.2, -0.15) is 5.10 Å². The van der Waals surface area contributed by atoms with Gasteiger partial charge in [-0.25, -0.2) is 4.68 Å². The van der Waals surface area contributed by atoms with Gasteiger partial charge in [0.25, 0.3) is 0 Å². The average molecular weight is 456 g/mol. The van der Waals surface area contributed by atoms with Gasteiger partial charge in [0.15, 0.2) is 0 Å². The Bertz CT molecular complexity index is 1000. The zero-order chi connectivity index (χ0) is 20.8. The van der Waals surface area contributed by atoms with Gasteiger partial charge in [0, 0.05) is 10.5 Å². The lowest BCUT2D eigenvalue weighted by atomic mass is 10.3. The van der Waals surface area contributed by atoms with E-state index < -0.39 is 0 Å². The van der Waals surface area contributed by atoms with Crippen molar-refractivity contribution in [1.29, 1.82) is 0 Å². The Morgan fingerprint density at radius 3 is 2.31 bits per heavy atom. The maximum atomic E-state index is 12.5. The largest absolute Gasteiger partial charge is 0.324 e. The smallest absolute Gasteiger partial charge is 0.239 e. The molecule has 29 heavy (non-hydrogen) atoms. The van der Waals surface area contributed by atoms with Crippen LogP contribution >= 0.6 is 15.9 Å². The summed E-state index contributed by atoms with van der Waals surface area (Å²) < 4.78 is 2.49. The van der Waals surface area contributed by atoms with Crippen LogP contribution in [0.25, 0.3) is 5.69 Å². The van der Waals surface area contributed by atoms with Crippen LogP contribution in [-0.2, 0) is 9.59 Å². The summed E-state index contributed by atoms with van der Waals surface area (Å²) in [5, 5.41) is 10.1. The highest BCUT2D eigenvalue weighted by molar-refractivity contribution is 9.10. The van der Waals surface area contributed by atoms with E-state index in [-0.39, 0.29) is 24.9 Å². The standard InChI is InChI=1S/C21H22BrN5O2/c1-15-12-19(27(25-15)16-8-4-3-5-9-16)24-21(29)14-26(2)13-20(28)23-18-11-7-6-10-17(18)22/h3-12H,13-14H2,1-2H3,(H,23,28)(H,24,29). The minimum atomic E-state index is -0.224. The lowest BCUT2D eigenvalue weighted by Gasteiger charge is -2.16. The minimum Gasteiger partial charge on any atom is -0.324 e. The van der Waals surface area contributed by atoms with Gasteiger partial charge in [0.05, 0.1) is 30.2 Å². The number of hydrogen-bond donors (Lipinski definition) is 2. The number of para-hydroxylation sites is 2. The van der Waals surface area contributed by atoms with Crippen molar-refractivity contribution in [1.82, 2.24) is 14.7 Å². The van der Waals surface area contributed by atoms with Crippen LogP contribution in [0.15, 0.2) is 65.1 Å². The number of nitrogens with zero attached hydrogens (tertiary/aromatic N) is 3. The number of likely N-dealkylation sites (N-methyl/N-ethyl adjacent to an activating group) is 1. The highest BCUT2D eigenvalue weighted by atomic mass is 79.9. The molecule has 0 saturated heterocycles. The molecule has 0 unspecified atom stereocenters. The van der Waals surface area contributed by atoms with Crippen molar-refractivity contribution in [2.75, 3.05) is 30.8 Å². The molecular formula is C21H22BrN5O2. The summed E-state index contributed by atoms with van der Waals surface area (Å²) in [6, 6.07) is 18.8. The quantitative estimate of drug-likeness (QED) is 0.571. The second-order valence-corrected chi connectivity index (χ2v) is 7.52. The van der Waals surface area contributed by atoms with Crippen LogP contribution < -0.4 is 10.6 Å². The number of aromatic nitrogens is 2. The summed E-state index contributed by atoms with van der Waals surface area (Å²) in [6.45, 7) is 2.03. The van der Waals surface area contributed by atoms with Crippen LogP contribution in [-0.4, -0.2) is 46.6 Å². The SMILES string of the molecule is Cc1cc(NC(=O)CN(C)CC(=O)Nc2ccccc2Br)n(-c2ccccc2)n1. The number of benzene rings is 2. The van der Waals surface area contributed by atoms with E-state index in [1.54, 1.807) is 16.6 Å². The molecule has 3 aromatic rings. The molecule has 2 N–H and O–H groups in total. The van der Waals surface area contributed by atoms with Crippen molar-refractivity contribution in [3.63, 3.8) is 0 Å². The Labute approximate surface area is 177 Å². The van der Waals surface area contributed by atoms with E-state index in [1.807, 2.05) is 67.6 Å². The first-order valence-electron chi connectivity index (χ1n) is 9.07. The zero-order valence-corrected chi connectivity index (χ0v) is 17.8. The molecule has 0 spiro atoms. The fourth-order valence-corrected chi connectivity index (χ4v) is 3.22. The summed E-state index contributed by atoms with van der Waals surface area (Å²) in [7, 11) is 1.72. The van der Waals surface area contributed by atoms with Crippen molar-refractivity contribution in [2.24, 2.45) is 0 Å². The van der Waals surface area contributed by atoms with Gasteiger partial charge >= 0.3 is 0 Å². The first-order valence-corrected chi connectivity index (χ1v) is 9.86. The minimum absolute atomic E-state index is 0.0718. The monoisotopic (exact) mass is 455 g/mol. The summed E-state index contributed by atoms with van der Waals surface area (Å²) in [5.41, 5.74) is 2.35. The molecule has 0 aliphatic rings. The highest BCUT2D eigenvalue weighted by Crippen LogP contribution is 2.21. The maximum Gasteiger partial charge on any atom is 0.239 e. The van der Waals surface area contributed by atoms with Crippen LogP contribution in [0.4, 0.5) is 11.5 Å². The van der Waals surface area contributed by atoms with E-state index in [1.165, 1.54) is 0 Å². The Morgan fingerprint density at radius 1 is 1.00 bits per heavy atom. The van der Waals surface area contributed by atoms with E-state index in [4.69, 9.17) is 0 Å². The number of amides is 2. The first kappa shape index (κ1) is 20.8. The van der Waals surface area contributed by atoms with Crippen LogP contribution in [0.2, 0.25) is 0 Å². The summed E-state index contributed by atoms with van der Waals surface area (Å²) in [5.74, 6) is 0.167. The van der Waals surface area contributed by atoms with Gasteiger partial charge in [-0.15, -0.1) is 0 Å². The molecule has 0 fully saturated rings. The van der Waals surface area contributed by atoms with Gasteiger partial charge in [-0.1, -0.05) is 30.3 Å². The van der Waals surface area contributed by atoms with Crippen molar-refractivity contribution < 1.29 is 9.59 Å². The Morgan fingerprint density at radius 2 is 1.62 bits per heavy atom. The van der Waals surface area contributed by atoms with E-state index >= 15 is 0 Å². The van der Waals surface area contributed by atoms with Crippen molar-refractivity contribution >= 4 is 39.2 Å². The van der Waals surface area contributed by atoms with Crippen LogP contribution in [0.3, 0.4) is 0 Å². The Kier molecular flexibility index (Phi) is 6.79. The average Bonchev–Trinajstić information content (AvgIpc) is 3.04. The van der Waals surface area contributed by atoms with Crippen molar-refractivity contribution in [3.05, 3.63) is 70.8 Å². The van der Waals surface area contributed by atoms with Gasteiger partial charge in [-0.05, 0) is 54.2 Å². The summed E-state index contributed by atoms with van der Waals surface area (Å²) in [6.07, 6.45) is 0. The van der Waals surface area contributed by atoms with Gasteiger partial charge in [0.2, 0.25) is 11.8 Å². The fourth-order valence-electron chi connectivity index (χ4n) is 2.84. The Hall–Kier alpha value is -2.97. The number of anilines is 2. The van der Waals surface area contributed by atoms with E-state index in [9.17, 15) is 9.59 Å². The van der Waals surface area contributed by atoms with Gasteiger partial charge in [-0.3, -0.25) is 14.5 Å². The third kappa shape index (κ3) is 5.75. The summed E-state index contributed by atoms with van der Waals surface area (Å²) in [4.78, 5) is 26.4. The van der Waals surface area contributed by atoms with Gasteiger partial charge < -0.3 is 10.6 Å². The van der Waals surface area contributed by atoms with Crippen LogP contribution in [0.1, 0.15) is 5.69 Å². The molecule has 0 aliphatic carbocycles. The molecule has 0 atom stereocenters. The molecule has 0 aliphatic heterocycles. The van der Waals surface area contributed by atoms with E-state index in [0.717, 1.165) is 15.9 Å². The topological polar surface area (TPSA) is 79.3 Å². The van der Waals surface area contributed by atoms with Gasteiger partial charge in [0.1, 0.15) is 5.82 Å². The molecule has 150 valence electrons. The van der Waals surface area contributed by atoms with E-state index in [2.05, 4.69) is 31.7 Å². The molecule has 0 saturated carbocycles. The first-order chi connectivity index (χ1) is 13.9. The highest BCUT2D eigenvalue weighted by Gasteiger charge is 2.15. The molecule has 2 aromatic carbocycles. The van der Waals surface area contributed by atoms with Crippen LogP contribution in [0.5, 0.6) is 0 Å². The normalized spacial score (nSPS) is 10.8. The number of halogens is 1. The molecule has 2 amide bonds. The predicted octanol–water partition coefficient (Wildman–Crippen LogP) is 3.45. The third-order valence-corrected chi connectivity index (χ3v) is 4.77. The van der Waals surface area contributed by atoms with Crippen molar-refractivity contribution in [2.45, 2.75) is 6.92 Å². The molecule has 3 rings (SSSR count). The van der Waals surface area contributed by atoms with Crippen molar-refractivity contribution in [3.8, 4) is 5.69 Å². The molecular weight excluding hydrogens is 434 g/mol. The molecule has 0 bridgehead atoms. The number of nitrogens with one attached hydrogen (secondary N) is 2. The predicted molar refractivity (Wildman–Crippen MR) is 117 cm³/mol. The zero-order valence-electron chi connectivity index (χ0n) is 16.2. The summed E-state index contributed by atoms with van der Waals surface area (Å²) >= 11 is 3.40. The number of carbonyl (C=O) groups is 2. The molecule has 1 aromatic heterocycles. The molecule has 7 nitrogen and oxygen atoms in total. The molecule has 8 heteroatoms. The number of carbonyl (C=O) groups excluding carboxylic acids is 2. The maximum absolute atomic E-state index is 12.5. The third-order valence-electron chi connectivity index (χ3n) is 4.07. The van der Waals surface area contributed by atoms with E-state index in [0.29, 0.717) is 11.5 Å². The second-order valence-electron chi connectivity index (χ2n) is 6.67. The fraction of sp³-hybridized carbons (Fsp3) is 0.190. The van der Waals surface area contributed by atoms with Crippen LogP contribution in [0, 0.1) is 6.92 Å².